The number of para-hydroxylation sites is 1. The van der Waals surface area contributed by atoms with Gasteiger partial charge in [0.25, 0.3) is 0 Å². The Balaban J connectivity index is 1.68. The van der Waals surface area contributed by atoms with E-state index in [0.717, 1.165) is 36.2 Å². The summed E-state index contributed by atoms with van der Waals surface area (Å²) < 4.78 is 0. The lowest BCUT2D eigenvalue weighted by Gasteiger charge is -2.24. The molecule has 0 aliphatic carbocycles. The maximum atomic E-state index is 12.5. The highest BCUT2D eigenvalue weighted by Crippen LogP contribution is 2.31. The van der Waals surface area contributed by atoms with Crippen LogP contribution in [0.4, 0.5) is 5.69 Å². The van der Waals surface area contributed by atoms with E-state index in [1.165, 1.54) is 5.56 Å². The van der Waals surface area contributed by atoms with Gasteiger partial charge >= 0.3 is 0 Å². The highest BCUT2D eigenvalue weighted by Gasteiger charge is 2.27. The Morgan fingerprint density at radius 1 is 1.09 bits per heavy atom. The summed E-state index contributed by atoms with van der Waals surface area (Å²) in [6.45, 7) is 5.50. The zero-order chi connectivity index (χ0) is 16.2. The van der Waals surface area contributed by atoms with E-state index in [2.05, 4.69) is 34.5 Å². The van der Waals surface area contributed by atoms with Crippen LogP contribution in [-0.2, 0) is 4.79 Å². The fraction of sp³-hybridized carbons (Fsp3) is 0.350. The lowest BCUT2D eigenvalue weighted by molar-refractivity contribution is -0.117. The molecule has 1 saturated heterocycles. The van der Waals surface area contributed by atoms with Gasteiger partial charge in [0.05, 0.1) is 6.54 Å². The Morgan fingerprint density at radius 3 is 2.48 bits per heavy atom. The fourth-order valence-corrected chi connectivity index (χ4v) is 3.44. The van der Waals surface area contributed by atoms with Crippen molar-refractivity contribution < 1.29 is 4.79 Å². The largest absolute Gasteiger partial charge is 0.324 e. The predicted octanol–water partition coefficient (Wildman–Crippen LogP) is 4.08. The van der Waals surface area contributed by atoms with Gasteiger partial charge < -0.3 is 5.32 Å². The van der Waals surface area contributed by atoms with Gasteiger partial charge in [-0.25, -0.2) is 0 Å². The van der Waals surface area contributed by atoms with Gasteiger partial charge in [-0.1, -0.05) is 48.5 Å². The average molecular weight is 308 g/mol. The van der Waals surface area contributed by atoms with Gasteiger partial charge in [-0.3, -0.25) is 9.69 Å². The second-order valence-corrected chi connectivity index (χ2v) is 6.35. The summed E-state index contributed by atoms with van der Waals surface area (Å²) in [7, 11) is 0. The standard InChI is InChI=1S/C20H24N2O/c1-15-8-6-9-16(2)20(15)21-19(23)14-22-13-7-12-18(22)17-10-4-3-5-11-17/h3-6,8-11,18H,7,12-14H2,1-2H3,(H,21,23)/t18-/m1/s1. The van der Waals surface area contributed by atoms with Crippen LogP contribution in [0.2, 0.25) is 0 Å². The molecule has 1 N–H and O–H groups in total. The predicted molar refractivity (Wildman–Crippen MR) is 94.5 cm³/mol. The summed E-state index contributed by atoms with van der Waals surface area (Å²) in [6.07, 6.45) is 2.27. The van der Waals surface area contributed by atoms with E-state index in [4.69, 9.17) is 0 Å². The second kappa shape index (κ2) is 6.97. The molecule has 2 aromatic rings. The van der Waals surface area contributed by atoms with Crippen molar-refractivity contribution in [3.63, 3.8) is 0 Å². The van der Waals surface area contributed by atoms with Gasteiger partial charge in [0.15, 0.2) is 0 Å². The van der Waals surface area contributed by atoms with Crippen LogP contribution in [0.5, 0.6) is 0 Å². The molecule has 3 heteroatoms. The van der Waals surface area contributed by atoms with E-state index >= 15 is 0 Å². The Bertz CT molecular complexity index is 661. The van der Waals surface area contributed by atoms with Crippen LogP contribution < -0.4 is 5.32 Å². The SMILES string of the molecule is Cc1cccc(C)c1NC(=O)CN1CCC[C@@H]1c1ccccc1. The molecule has 0 unspecified atom stereocenters. The van der Waals surface area contributed by atoms with Crippen LogP contribution in [0, 0.1) is 13.8 Å². The lowest BCUT2D eigenvalue weighted by atomic mass is 10.0. The highest BCUT2D eigenvalue weighted by molar-refractivity contribution is 5.93. The number of amides is 1. The van der Waals surface area contributed by atoms with Crippen molar-refractivity contribution in [2.24, 2.45) is 0 Å². The molecule has 1 aliphatic heterocycles. The number of hydrogen-bond donors (Lipinski definition) is 1. The number of nitrogens with zero attached hydrogens (tertiary/aromatic N) is 1. The summed E-state index contributed by atoms with van der Waals surface area (Å²) in [5.41, 5.74) is 4.48. The van der Waals surface area contributed by atoms with Crippen molar-refractivity contribution >= 4 is 11.6 Å². The van der Waals surface area contributed by atoms with E-state index in [0.29, 0.717) is 12.6 Å². The summed E-state index contributed by atoms with van der Waals surface area (Å²) >= 11 is 0. The third-order valence-electron chi connectivity index (χ3n) is 4.64. The van der Waals surface area contributed by atoms with Crippen molar-refractivity contribution in [2.75, 3.05) is 18.4 Å². The molecule has 3 nitrogen and oxygen atoms in total. The molecule has 120 valence electrons. The quantitative estimate of drug-likeness (QED) is 0.923. The number of carbonyl (C=O) groups excluding carboxylic acids is 1. The first-order valence-electron chi connectivity index (χ1n) is 8.30. The van der Waals surface area contributed by atoms with Gasteiger partial charge in [0.2, 0.25) is 5.91 Å². The molecule has 1 heterocycles. The lowest BCUT2D eigenvalue weighted by Crippen LogP contribution is -2.33. The third-order valence-corrected chi connectivity index (χ3v) is 4.64. The van der Waals surface area contributed by atoms with Crippen molar-refractivity contribution in [2.45, 2.75) is 32.7 Å². The number of aryl methyl sites for hydroxylation is 2. The van der Waals surface area contributed by atoms with E-state index in [1.807, 2.05) is 38.1 Å². The Kier molecular flexibility index (Phi) is 4.77. The summed E-state index contributed by atoms with van der Waals surface area (Å²) in [4.78, 5) is 14.8. The summed E-state index contributed by atoms with van der Waals surface area (Å²) in [6, 6.07) is 16.9. The van der Waals surface area contributed by atoms with Crippen molar-refractivity contribution in [3.05, 3.63) is 65.2 Å². The molecule has 0 bridgehead atoms. The molecule has 0 spiro atoms. The minimum Gasteiger partial charge on any atom is -0.324 e. The van der Waals surface area contributed by atoms with Crippen LogP contribution in [0.3, 0.4) is 0 Å². The molecule has 0 aromatic heterocycles. The molecule has 1 atom stereocenters. The Morgan fingerprint density at radius 2 is 1.78 bits per heavy atom. The monoisotopic (exact) mass is 308 g/mol. The molecule has 1 amide bonds. The van der Waals surface area contributed by atoms with Gasteiger partial charge in [-0.05, 0) is 49.9 Å². The molecule has 0 radical (unpaired) electrons. The second-order valence-electron chi connectivity index (χ2n) is 6.35. The van der Waals surface area contributed by atoms with Gasteiger partial charge in [-0.2, -0.15) is 0 Å². The first kappa shape index (κ1) is 15.8. The molecule has 1 aliphatic rings. The van der Waals surface area contributed by atoms with Crippen LogP contribution in [0.1, 0.15) is 35.6 Å². The minimum atomic E-state index is 0.0743. The molecule has 2 aromatic carbocycles. The van der Waals surface area contributed by atoms with Crippen LogP contribution >= 0.6 is 0 Å². The van der Waals surface area contributed by atoms with Crippen molar-refractivity contribution in [3.8, 4) is 0 Å². The number of nitrogens with one attached hydrogen (secondary N) is 1. The Hall–Kier alpha value is -2.13. The van der Waals surface area contributed by atoms with E-state index in [-0.39, 0.29) is 5.91 Å². The fourth-order valence-electron chi connectivity index (χ4n) is 3.44. The summed E-state index contributed by atoms with van der Waals surface area (Å²) in [5.74, 6) is 0.0743. The molecule has 0 saturated carbocycles. The zero-order valence-electron chi connectivity index (χ0n) is 13.9. The maximum absolute atomic E-state index is 12.5. The van der Waals surface area contributed by atoms with Gasteiger partial charge in [-0.15, -0.1) is 0 Å². The number of anilines is 1. The highest BCUT2D eigenvalue weighted by atomic mass is 16.2. The first-order valence-corrected chi connectivity index (χ1v) is 8.30. The molecule has 3 rings (SSSR count). The molecular weight excluding hydrogens is 284 g/mol. The number of rotatable bonds is 4. The average Bonchev–Trinajstić information content (AvgIpc) is 3.00. The van der Waals surface area contributed by atoms with Gasteiger partial charge in [0.1, 0.15) is 0 Å². The van der Waals surface area contributed by atoms with E-state index < -0.39 is 0 Å². The zero-order valence-corrected chi connectivity index (χ0v) is 13.9. The number of hydrogen-bond acceptors (Lipinski definition) is 2. The van der Waals surface area contributed by atoms with E-state index in [9.17, 15) is 4.79 Å². The van der Waals surface area contributed by atoms with Crippen LogP contribution in [0.25, 0.3) is 0 Å². The van der Waals surface area contributed by atoms with Crippen molar-refractivity contribution in [1.82, 2.24) is 4.90 Å². The number of carbonyl (C=O) groups is 1. The first-order chi connectivity index (χ1) is 11.1. The maximum Gasteiger partial charge on any atom is 0.238 e. The number of likely N-dealkylation sites (tertiary alicyclic amines) is 1. The van der Waals surface area contributed by atoms with E-state index in [1.54, 1.807) is 0 Å². The third kappa shape index (κ3) is 3.62. The Labute approximate surface area is 138 Å². The molecule has 23 heavy (non-hydrogen) atoms. The van der Waals surface area contributed by atoms with Crippen molar-refractivity contribution in [1.29, 1.82) is 0 Å². The van der Waals surface area contributed by atoms with Crippen LogP contribution in [-0.4, -0.2) is 23.9 Å². The topological polar surface area (TPSA) is 32.3 Å². The minimum absolute atomic E-state index is 0.0743. The summed E-state index contributed by atoms with van der Waals surface area (Å²) in [5, 5.41) is 3.10. The smallest absolute Gasteiger partial charge is 0.238 e. The van der Waals surface area contributed by atoms with Gasteiger partial charge in [0, 0.05) is 11.7 Å². The molecular formula is C20H24N2O. The van der Waals surface area contributed by atoms with Crippen LogP contribution in [0.15, 0.2) is 48.5 Å². The molecule has 1 fully saturated rings. The number of benzene rings is 2. The normalized spacial score (nSPS) is 18.1.